The number of carbonyl (C=O) groups is 2. The van der Waals surface area contributed by atoms with Gasteiger partial charge in [0.15, 0.2) is 0 Å². The predicted octanol–water partition coefficient (Wildman–Crippen LogP) is -0.511. The maximum absolute atomic E-state index is 10.3. The highest BCUT2D eigenvalue weighted by molar-refractivity contribution is 5.76. The van der Waals surface area contributed by atoms with Crippen molar-refractivity contribution < 1.29 is 14.7 Å². The van der Waals surface area contributed by atoms with Gasteiger partial charge in [-0.15, -0.1) is 0 Å². The lowest BCUT2D eigenvalue weighted by Gasteiger charge is -2.06. The highest BCUT2D eigenvalue weighted by Gasteiger charge is 2.14. The summed E-state index contributed by atoms with van der Waals surface area (Å²) in [6.45, 7) is 0. The van der Waals surface area contributed by atoms with Gasteiger partial charge >= 0.3 is 5.97 Å². The molecule has 0 radical (unpaired) electrons. The number of nitrogens with one attached hydrogen (secondary N) is 1. The molecule has 60 valence electrons. The van der Waals surface area contributed by atoms with Gasteiger partial charge in [-0.1, -0.05) is 0 Å². The van der Waals surface area contributed by atoms with Crippen molar-refractivity contribution in [1.29, 1.82) is 5.26 Å². The average molecular weight is 156 g/mol. The Labute approximate surface area is 63.6 Å². The maximum atomic E-state index is 10.3. The molecule has 1 atom stereocenters. The van der Waals surface area contributed by atoms with Crippen LogP contribution in [0.25, 0.3) is 0 Å². The number of carboxylic acid groups (broad SMARTS) is 1. The van der Waals surface area contributed by atoms with Crippen LogP contribution in [-0.4, -0.2) is 23.5 Å². The Hall–Kier alpha value is -1.57. The summed E-state index contributed by atoms with van der Waals surface area (Å²) in [6, 6.07) is 0.854. The molecule has 0 aliphatic heterocycles. The van der Waals surface area contributed by atoms with Crippen LogP contribution in [0.1, 0.15) is 12.8 Å². The molecule has 0 saturated carbocycles. The molecule has 1 unspecified atom stereocenters. The van der Waals surface area contributed by atoms with Crippen molar-refractivity contribution in [3.63, 3.8) is 0 Å². The number of nitrogens with zero attached hydrogens (tertiary/aromatic N) is 1. The van der Waals surface area contributed by atoms with Crippen molar-refractivity contribution in [2.45, 2.75) is 18.9 Å². The molecule has 0 rings (SSSR count). The molecule has 0 aromatic rings. The molecule has 11 heavy (non-hydrogen) atoms. The SMILES string of the molecule is N#CCCC(NC=O)C(=O)O. The van der Waals surface area contributed by atoms with E-state index in [1.807, 2.05) is 0 Å². The number of hydrogen-bond donors (Lipinski definition) is 2. The third-order valence-electron chi connectivity index (χ3n) is 1.11. The van der Waals surface area contributed by atoms with E-state index in [9.17, 15) is 9.59 Å². The summed E-state index contributed by atoms with van der Waals surface area (Å²) in [5.74, 6) is -1.12. The number of nitriles is 1. The van der Waals surface area contributed by atoms with E-state index in [1.54, 1.807) is 6.07 Å². The van der Waals surface area contributed by atoms with Gasteiger partial charge in [-0.2, -0.15) is 5.26 Å². The second-order valence-corrected chi connectivity index (χ2v) is 1.87. The van der Waals surface area contributed by atoms with E-state index in [4.69, 9.17) is 10.4 Å². The quantitative estimate of drug-likeness (QED) is 0.524. The molecule has 0 saturated heterocycles. The van der Waals surface area contributed by atoms with Crippen molar-refractivity contribution in [3.05, 3.63) is 0 Å². The molecule has 5 nitrogen and oxygen atoms in total. The Bertz CT molecular complexity index is 185. The van der Waals surface area contributed by atoms with E-state index >= 15 is 0 Å². The first-order valence-electron chi connectivity index (χ1n) is 3.01. The van der Waals surface area contributed by atoms with Gasteiger partial charge in [-0.3, -0.25) is 4.79 Å². The van der Waals surface area contributed by atoms with Crippen LogP contribution in [0.2, 0.25) is 0 Å². The molecule has 1 amide bonds. The lowest BCUT2D eigenvalue weighted by molar-refractivity contribution is -0.140. The largest absolute Gasteiger partial charge is 0.480 e. The van der Waals surface area contributed by atoms with Crippen LogP contribution in [0.5, 0.6) is 0 Å². The van der Waals surface area contributed by atoms with Crippen molar-refractivity contribution in [2.24, 2.45) is 0 Å². The second kappa shape index (κ2) is 5.23. The molecule has 5 heteroatoms. The summed E-state index contributed by atoms with van der Waals surface area (Å²) in [4.78, 5) is 20.1. The minimum Gasteiger partial charge on any atom is -0.480 e. The summed E-state index contributed by atoms with van der Waals surface area (Å²) < 4.78 is 0. The van der Waals surface area contributed by atoms with Crippen molar-refractivity contribution in [2.75, 3.05) is 0 Å². The van der Waals surface area contributed by atoms with Gasteiger partial charge in [0.25, 0.3) is 0 Å². The maximum Gasteiger partial charge on any atom is 0.326 e. The number of carboxylic acids is 1. The molecule has 0 spiro atoms. The minimum absolute atomic E-state index is 0.123. The van der Waals surface area contributed by atoms with Gasteiger partial charge in [0.05, 0.1) is 6.07 Å². The van der Waals surface area contributed by atoms with E-state index in [0.717, 1.165) is 0 Å². The normalized spacial score (nSPS) is 11.2. The van der Waals surface area contributed by atoms with Crippen LogP contribution in [-0.2, 0) is 9.59 Å². The molecule has 0 heterocycles. The van der Waals surface area contributed by atoms with E-state index < -0.39 is 12.0 Å². The van der Waals surface area contributed by atoms with Gasteiger partial charge in [0.1, 0.15) is 6.04 Å². The molecule has 0 bridgehead atoms. The summed E-state index contributed by atoms with van der Waals surface area (Å²) in [5.41, 5.74) is 0. The first-order valence-corrected chi connectivity index (χ1v) is 3.01. The van der Waals surface area contributed by atoms with E-state index in [1.165, 1.54) is 0 Å². The average Bonchev–Trinajstić information content (AvgIpc) is 1.97. The van der Waals surface area contributed by atoms with Gasteiger partial charge in [-0.25, -0.2) is 4.79 Å². The minimum atomic E-state index is -1.12. The Balaban J connectivity index is 3.80. The van der Waals surface area contributed by atoms with E-state index in [0.29, 0.717) is 6.41 Å². The fourth-order valence-corrected chi connectivity index (χ4v) is 0.569. The molecular weight excluding hydrogens is 148 g/mol. The fourth-order valence-electron chi connectivity index (χ4n) is 0.569. The molecule has 0 aliphatic rings. The Morgan fingerprint density at radius 2 is 2.45 bits per heavy atom. The van der Waals surface area contributed by atoms with Crippen LogP contribution in [0, 0.1) is 11.3 Å². The number of carbonyl (C=O) groups excluding carboxylic acids is 1. The molecule has 0 aromatic carbocycles. The zero-order chi connectivity index (χ0) is 8.69. The smallest absolute Gasteiger partial charge is 0.326 e. The van der Waals surface area contributed by atoms with Crippen molar-refractivity contribution in [3.8, 4) is 6.07 Å². The number of rotatable bonds is 5. The number of aliphatic carboxylic acids is 1. The van der Waals surface area contributed by atoms with Crippen LogP contribution >= 0.6 is 0 Å². The first kappa shape index (κ1) is 9.43. The lowest BCUT2D eigenvalue weighted by atomic mass is 10.2. The molecular formula is C6H8N2O3. The van der Waals surface area contributed by atoms with Crippen molar-refractivity contribution >= 4 is 12.4 Å². The van der Waals surface area contributed by atoms with Crippen LogP contribution in [0.3, 0.4) is 0 Å². The third kappa shape index (κ3) is 3.92. The first-order chi connectivity index (χ1) is 5.22. The number of hydrogen-bond acceptors (Lipinski definition) is 3. The van der Waals surface area contributed by atoms with Crippen LogP contribution in [0.4, 0.5) is 0 Å². The lowest BCUT2D eigenvalue weighted by Crippen LogP contribution is -2.35. The monoisotopic (exact) mass is 156 g/mol. The fraction of sp³-hybridized carbons (Fsp3) is 0.500. The van der Waals surface area contributed by atoms with E-state index in [-0.39, 0.29) is 12.8 Å². The van der Waals surface area contributed by atoms with Gasteiger partial charge in [-0.05, 0) is 6.42 Å². The summed E-state index contributed by atoms with van der Waals surface area (Å²) in [7, 11) is 0. The Kier molecular flexibility index (Phi) is 4.49. The second-order valence-electron chi connectivity index (χ2n) is 1.87. The van der Waals surface area contributed by atoms with Gasteiger partial charge in [0, 0.05) is 6.42 Å². The third-order valence-corrected chi connectivity index (χ3v) is 1.11. The van der Waals surface area contributed by atoms with Gasteiger partial charge in [0.2, 0.25) is 6.41 Å². The zero-order valence-corrected chi connectivity index (χ0v) is 5.78. The summed E-state index contributed by atoms with van der Waals surface area (Å²) >= 11 is 0. The van der Waals surface area contributed by atoms with Crippen molar-refractivity contribution in [1.82, 2.24) is 5.32 Å². The standard InChI is InChI=1S/C6H8N2O3/c7-3-1-2-5(6(10)11)8-4-9/h4-5H,1-2H2,(H,8,9)(H,10,11). The Morgan fingerprint density at radius 1 is 1.82 bits per heavy atom. The molecule has 0 aromatic heterocycles. The van der Waals surface area contributed by atoms with E-state index in [2.05, 4.69) is 5.32 Å². The molecule has 0 aliphatic carbocycles. The van der Waals surface area contributed by atoms with Gasteiger partial charge < -0.3 is 10.4 Å². The topological polar surface area (TPSA) is 90.2 Å². The predicted molar refractivity (Wildman–Crippen MR) is 35.5 cm³/mol. The highest BCUT2D eigenvalue weighted by atomic mass is 16.4. The van der Waals surface area contributed by atoms with Crippen LogP contribution in [0.15, 0.2) is 0 Å². The Morgan fingerprint density at radius 3 is 2.82 bits per heavy atom. The molecule has 2 N–H and O–H groups in total. The molecule has 0 fully saturated rings. The summed E-state index contributed by atoms with van der Waals surface area (Å²) in [6.07, 6.45) is 0.582. The summed E-state index contributed by atoms with van der Waals surface area (Å²) in [5, 5.41) is 18.6. The highest BCUT2D eigenvalue weighted by Crippen LogP contribution is 1.94. The van der Waals surface area contributed by atoms with Crippen LogP contribution < -0.4 is 5.32 Å². The number of amides is 1. The zero-order valence-electron chi connectivity index (χ0n) is 5.78.